The fourth-order valence-electron chi connectivity index (χ4n) is 3.19. The smallest absolute Gasteiger partial charge is 0.269 e. The topological polar surface area (TPSA) is 90.1 Å². The third-order valence-corrected chi connectivity index (χ3v) is 5.90. The lowest BCUT2D eigenvalue weighted by Crippen LogP contribution is -2.16. The van der Waals surface area contributed by atoms with Gasteiger partial charge in [-0.25, -0.2) is 4.68 Å². The summed E-state index contributed by atoms with van der Waals surface area (Å²) in [6, 6.07) is 11.6. The van der Waals surface area contributed by atoms with Gasteiger partial charge in [0.05, 0.1) is 16.3 Å². The number of nitrogens with zero attached hydrogens (tertiary/aromatic N) is 3. The molecule has 1 aliphatic heterocycles. The third kappa shape index (κ3) is 3.16. The Hall–Kier alpha value is -3.13. The van der Waals surface area contributed by atoms with Crippen molar-refractivity contribution < 1.29 is 9.72 Å². The molecule has 2 aromatic carbocycles. The van der Waals surface area contributed by atoms with Crippen molar-refractivity contribution in [2.45, 2.75) is 25.4 Å². The fourth-order valence-corrected chi connectivity index (χ4v) is 4.23. The normalized spacial score (nSPS) is 12.6. The van der Waals surface area contributed by atoms with Crippen LogP contribution in [0.1, 0.15) is 32.7 Å². The van der Waals surface area contributed by atoms with Gasteiger partial charge in [0.2, 0.25) is 0 Å². The second-order valence-electron chi connectivity index (χ2n) is 6.66. The first-order valence-corrected chi connectivity index (χ1v) is 9.92. The molecule has 0 spiro atoms. The highest BCUT2D eigenvalue weighted by Crippen LogP contribution is 2.37. The number of hydrogen-bond donors (Lipinski definition) is 1. The van der Waals surface area contributed by atoms with Crippen LogP contribution in [-0.2, 0) is 11.5 Å². The molecule has 0 fully saturated rings. The average Bonchev–Trinajstić information content (AvgIpc) is 3.27. The second-order valence-corrected chi connectivity index (χ2v) is 7.64. The molecular weight excluding hydrogens is 376 g/mol. The van der Waals surface area contributed by atoms with Crippen molar-refractivity contribution in [3.63, 3.8) is 0 Å². The molecule has 0 atom stereocenters. The van der Waals surface area contributed by atoms with Crippen LogP contribution < -0.4 is 5.32 Å². The number of thioether (sulfide) groups is 1. The maximum Gasteiger partial charge on any atom is 0.269 e. The first-order chi connectivity index (χ1) is 13.5. The zero-order chi connectivity index (χ0) is 19.8. The van der Waals surface area contributed by atoms with E-state index in [1.807, 2.05) is 32.0 Å². The van der Waals surface area contributed by atoms with Gasteiger partial charge < -0.3 is 5.32 Å². The van der Waals surface area contributed by atoms with E-state index >= 15 is 0 Å². The molecule has 0 aliphatic carbocycles. The zero-order valence-corrected chi connectivity index (χ0v) is 16.2. The monoisotopic (exact) mass is 394 g/mol. The lowest BCUT2D eigenvalue weighted by molar-refractivity contribution is -0.384. The van der Waals surface area contributed by atoms with Gasteiger partial charge in [-0.3, -0.25) is 14.9 Å². The van der Waals surface area contributed by atoms with E-state index in [2.05, 4.69) is 5.32 Å². The van der Waals surface area contributed by atoms with E-state index < -0.39 is 4.92 Å². The van der Waals surface area contributed by atoms with Crippen LogP contribution in [0.3, 0.4) is 0 Å². The maximum atomic E-state index is 12.8. The van der Waals surface area contributed by atoms with Crippen molar-refractivity contribution in [3.05, 3.63) is 80.5 Å². The summed E-state index contributed by atoms with van der Waals surface area (Å²) in [4.78, 5) is 23.1. The number of amides is 1. The first-order valence-electron chi connectivity index (χ1n) is 8.76. The van der Waals surface area contributed by atoms with E-state index in [1.165, 1.54) is 24.3 Å². The highest BCUT2D eigenvalue weighted by molar-refractivity contribution is 7.98. The molecule has 142 valence electrons. The van der Waals surface area contributed by atoms with Crippen LogP contribution in [0, 0.1) is 24.0 Å². The van der Waals surface area contributed by atoms with E-state index in [9.17, 15) is 14.9 Å². The van der Waals surface area contributed by atoms with E-state index in [0.29, 0.717) is 11.4 Å². The van der Waals surface area contributed by atoms with E-state index in [4.69, 9.17) is 5.10 Å². The molecule has 1 aliphatic rings. The number of nitro groups is 1. The van der Waals surface area contributed by atoms with Gasteiger partial charge in [-0.2, -0.15) is 16.9 Å². The predicted octanol–water partition coefficient (Wildman–Crippen LogP) is 4.40. The predicted molar refractivity (Wildman–Crippen MR) is 109 cm³/mol. The Balaban J connectivity index is 1.72. The summed E-state index contributed by atoms with van der Waals surface area (Å²) in [5.41, 5.74) is 5.50. The number of nitro benzene ring substituents is 1. The summed E-state index contributed by atoms with van der Waals surface area (Å²) in [6.45, 7) is 4.08. The number of carbonyl (C=O) groups is 1. The van der Waals surface area contributed by atoms with Crippen LogP contribution >= 0.6 is 11.8 Å². The zero-order valence-electron chi connectivity index (χ0n) is 15.4. The van der Waals surface area contributed by atoms with Crippen LogP contribution in [0.2, 0.25) is 0 Å². The van der Waals surface area contributed by atoms with E-state index in [-0.39, 0.29) is 11.6 Å². The molecule has 28 heavy (non-hydrogen) atoms. The Morgan fingerprint density at radius 1 is 1.18 bits per heavy atom. The lowest BCUT2D eigenvalue weighted by Gasteiger charge is -2.14. The van der Waals surface area contributed by atoms with Gasteiger partial charge in [0.15, 0.2) is 0 Å². The fraction of sp³-hybridized carbons (Fsp3) is 0.200. The van der Waals surface area contributed by atoms with Gasteiger partial charge in [0.25, 0.3) is 11.6 Å². The largest absolute Gasteiger partial charge is 0.306 e. The molecule has 0 saturated carbocycles. The van der Waals surface area contributed by atoms with Crippen molar-refractivity contribution in [1.82, 2.24) is 9.78 Å². The van der Waals surface area contributed by atoms with Crippen LogP contribution in [0.5, 0.6) is 0 Å². The van der Waals surface area contributed by atoms with Crippen molar-refractivity contribution in [2.75, 3.05) is 5.32 Å². The summed E-state index contributed by atoms with van der Waals surface area (Å²) >= 11 is 1.76. The number of benzene rings is 2. The van der Waals surface area contributed by atoms with Gasteiger partial charge in [-0.05, 0) is 43.2 Å². The second kappa shape index (κ2) is 7.12. The van der Waals surface area contributed by atoms with Crippen molar-refractivity contribution >= 4 is 29.2 Å². The minimum atomic E-state index is -0.485. The van der Waals surface area contributed by atoms with Crippen LogP contribution in [0.4, 0.5) is 11.5 Å². The van der Waals surface area contributed by atoms with Crippen LogP contribution in [0.15, 0.2) is 42.5 Å². The molecule has 4 rings (SSSR count). The Kier molecular flexibility index (Phi) is 4.64. The molecule has 0 bridgehead atoms. The molecule has 1 N–H and O–H groups in total. The minimum Gasteiger partial charge on any atom is -0.306 e. The highest BCUT2D eigenvalue weighted by Gasteiger charge is 2.25. The van der Waals surface area contributed by atoms with Crippen molar-refractivity contribution in [1.29, 1.82) is 0 Å². The summed E-state index contributed by atoms with van der Waals surface area (Å²) in [5, 5.41) is 18.5. The molecule has 1 amide bonds. The Morgan fingerprint density at radius 2 is 1.93 bits per heavy atom. The Bertz CT molecular complexity index is 1090. The number of rotatable bonds is 4. The van der Waals surface area contributed by atoms with Crippen molar-refractivity contribution in [3.8, 4) is 5.69 Å². The summed E-state index contributed by atoms with van der Waals surface area (Å²) < 4.78 is 1.80. The maximum absolute atomic E-state index is 12.8. The highest BCUT2D eigenvalue weighted by atomic mass is 32.2. The third-order valence-electron chi connectivity index (χ3n) is 4.93. The number of fused-ring (bicyclic) bond motifs is 1. The van der Waals surface area contributed by atoms with Gasteiger partial charge in [-0.1, -0.05) is 12.1 Å². The average molecular weight is 394 g/mol. The van der Waals surface area contributed by atoms with Crippen LogP contribution in [-0.4, -0.2) is 20.6 Å². The molecule has 8 heteroatoms. The number of aromatic nitrogens is 2. The van der Waals surface area contributed by atoms with Gasteiger partial charge in [0.1, 0.15) is 5.82 Å². The van der Waals surface area contributed by atoms with E-state index in [0.717, 1.165) is 39.6 Å². The Morgan fingerprint density at radius 3 is 2.64 bits per heavy atom. The summed E-state index contributed by atoms with van der Waals surface area (Å²) in [5.74, 6) is 1.95. The number of non-ortho nitro benzene ring substituents is 1. The molecule has 0 saturated heterocycles. The Labute approximate surface area is 165 Å². The molecular formula is C20H18N4O3S. The number of aryl methyl sites for hydroxylation is 1. The summed E-state index contributed by atoms with van der Waals surface area (Å²) in [7, 11) is 0. The molecule has 2 heterocycles. The van der Waals surface area contributed by atoms with Crippen molar-refractivity contribution in [2.24, 2.45) is 0 Å². The number of anilines is 1. The van der Waals surface area contributed by atoms with Gasteiger partial charge in [-0.15, -0.1) is 0 Å². The molecule has 7 nitrogen and oxygen atoms in total. The minimum absolute atomic E-state index is 0.0470. The SMILES string of the molecule is Cc1cccc(-n2nc3c(c2NC(=O)c2ccc([N+](=O)[O-])cc2)CSC3)c1C. The molecule has 1 aromatic heterocycles. The quantitative estimate of drug-likeness (QED) is 0.523. The van der Waals surface area contributed by atoms with Crippen LogP contribution in [0.25, 0.3) is 5.69 Å². The van der Waals surface area contributed by atoms with Gasteiger partial charge in [0, 0.05) is 34.8 Å². The molecule has 0 radical (unpaired) electrons. The standard InChI is InChI=1S/C20H18N4O3S/c1-12-4-3-5-18(13(12)2)23-19(16-10-28-11-17(16)22-23)21-20(25)14-6-8-15(9-7-14)24(26)27/h3-9H,10-11H2,1-2H3,(H,21,25). The number of nitrogens with one attached hydrogen (secondary N) is 1. The lowest BCUT2D eigenvalue weighted by atomic mass is 10.1. The molecule has 3 aromatic rings. The molecule has 0 unspecified atom stereocenters. The van der Waals surface area contributed by atoms with E-state index in [1.54, 1.807) is 16.4 Å². The first kappa shape index (κ1) is 18.2. The summed E-state index contributed by atoms with van der Waals surface area (Å²) in [6.07, 6.45) is 0. The van der Waals surface area contributed by atoms with Gasteiger partial charge >= 0.3 is 0 Å². The number of hydrogen-bond acceptors (Lipinski definition) is 5. The number of carbonyl (C=O) groups excluding carboxylic acids is 1.